The third-order valence-corrected chi connectivity index (χ3v) is 13.1. The van der Waals surface area contributed by atoms with Crippen LogP contribution >= 0.6 is 11.8 Å². The van der Waals surface area contributed by atoms with Crippen LogP contribution in [0.3, 0.4) is 0 Å². The van der Waals surface area contributed by atoms with Gasteiger partial charge < -0.3 is 34.2 Å². The number of aliphatic hydroxyl groups is 2. The maximum absolute atomic E-state index is 14.7. The molecule has 9 nitrogen and oxygen atoms in total. The summed E-state index contributed by atoms with van der Waals surface area (Å²) < 4.78 is 20.8. The first-order valence-electron chi connectivity index (χ1n) is 21.2. The van der Waals surface area contributed by atoms with Crippen molar-refractivity contribution in [2.45, 2.75) is 74.5 Å². The summed E-state index contributed by atoms with van der Waals surface area (Å²) in [6.07, 6.45) is 9.31. The molecule has 312 valence electrons. The van der Waals surface area contributed by atoms with E-state index in [1.54, 1.807) is 22.7 Å². The smallest absolute Gasteiger partial charge is 0.254 e. The van der Waals surface area contributed by atoms with Crippen molar-refractivity contribution in [3.63, 3.8) is 0 Å². The second kappa shape index (κ2) is 20.1. The van der Waals surface area contributed by atoms with Gasteiger partial charge in [-0.15, -0.1) is 18.3 Å². The van der Waals surface area contributed by atoms with E-state index in [1.807, 2.05) is 86.8 Å². The molecule has 3 aliphatic rings. The molecule has 4 aromatic rings. The molecule has 1 amide bonds. The van der Waals surface area contributed by atoms with Gasteiger partial charge in [0.15, 0.2) is 0 Å². The Morgan fingerprint density at radius 2 is 1.73 bits per heavy atom. The van der Waals surface area contributed by atoms with E-state index >= 15 is 0 Å². The number of ether oxygens (including phenoxy) is 3. The number of carbonyl (C=O) groups is 1. The first-order valence-corrected chi connectivity index (χ1v) is 22.2. The molecule has 10 heteroatoms. The summed E-state index contributed by atoms with van der Waals surface area (Å²) >= 11 is 1.76. The molecule has 0 bridgehead atoms. The standard InChI is InChI=1S/C49H58N2O7S/c1-4-27-56-49-45(51(3)48(54)37-22-21-34-15-9-10-16-35(34)30-37)33-43(50-57-5-2)41-31-36(17-11-13-25-52)40(20-12-14-26-53)46(47(41)49)42-32-38(23-24-44(42)58-49)55-28-29-59-39-18-7-6-8-19-39/h4,6-10,15-16,18-19,21-24,30-32,36,40,45-47,52-53H,1,5,11-14,17,20,25-29,33H2,2-3H3/t36-,40+,45-,46+,47+,49+/m0/s1. The Balaban J connectivity index is 1.35. The lowest BCUT2D eigenvalue weighted by Crippen LogP contribution is -2.69. The van der Waals surface area contributed by atoms with Gasteiger partial charge in [0.2, 0.25) is 5.79 Å². The summed E-state index contributed by atoms with van der Waals surface area (Å²) in [5.74, 6) is 0.567. The number of unbranched alkanes of at least 4 members (excludes halogenated alkanes) is 2. The predicted molar refractivity (Wildman–Crippen MR) is 235 cm³/mol. The molecule has 7 rings (SSSR count). The van der Waals surface area contributed by atoms with Crippen LogP contribution in [0.2, 0.25) is 0 Å². The number of nitrogens with zero attached hydrogens (tertiary/aromatic N) is 2. The fraction of sp³-hybridized carbons (Fsp3) is 0.429. The van der Waals surface area contributed by atoms with E-state index in [1.165, 1.54) is 4.90 Å². The molecule has 59 heavy (non-hydrogen) atoms. The number of carbonyl (C=O) groups excluding carboxylic acids is 1. The first-order chi connectivity index (χ1) is 28.9. The molecule has 1 fully saturated rings. The lowest BCUT2D eigenvalue weighted by Gasteiger charge is -2.59. The van der Waals surface area contributed by atoms with Crippen LogP contribution in [0.25, 0.3) is 10.8 Å². The Morgan fingerprint density at radius 1 is 0.966 bits per heavy atom. The largest absolute Gasteiger partial charge is 0.493 e. The maximum Gasteiger partial charge on any atom is 0.254 e. The average Bonchev–Trinajstić information content (AvgIpc) is 3.27. The Hall–Kier alpha value is -4.61. The predicted octanol–water partition coefficient (Wildman–Crippen LogP) is 9.44. The monoisotopic (exact) mass is 818 g/mol. The van der Waals surface area contributed by atoms with Gasteiger partial charge in [0.05, 0.1) is 24.8 Å². The summed E-state index contributed by atoms with van der Waals surface area (Å²) in [4.78, 5) is 23.6. The summed E-state index contributed by atoms with van der Waals surface area (Å²) in [7, 11) is 1.84. The molecule has 0 saturated heterocycles. The SMILES string of the molecule is C=CCO[C@@]12Oc3ccc(OCCSc4ccccc4)cc3[C@H]3[C@H](CCCCO)[C@@H](CCCCO)C=C(C(=NOCC)C[C@@H]1N(C)C(=O)c1ccc4ccccc4c1)[C@H]32. The van der Waals surface area contributed by atoms with Crippen molar-refractivity contribution < 1.29 is 34.1 Å². The lowest BCUT2D eigenvalue weighted by molar-refractivity contribution is -0.252. The number of thioether (sulfide) groups is 1. The van der Waals surface area contributed by atoms with Crippen molar-refractivity contribution in [2.24, 2.45) is 22.9 Å². The van der Waals surface area contributed by atoms with Crippen LogP contribution in [0.4, 0.5) is 0 Å². The van der Waals surface area contributed by atoms with Gasteiger partial charge in [-0.25, -0.2) is 0 Å². The van der Waals surface area contributed by atoms with Crippen molar-refractivity contribution in [1.82, 2.24) is 4.90 Å². The topological polar surface area (TPSA) is 110 Å². The summed E-state index contributed by atoms with van der Waals surface area (Å²) in [5, 5.41) is 26.6. The Bertz CT molecular complexity index is 2110. The van der Waals surface area contributed by atoms with Crippen LogP contribution < -0.4 is 9.47 Å². The summed E-state index contributed by atoms with van der Waals surface area (Å²) in [5.41, 5.74) is 3.40. The molecule has 1 aliphatic heterocycles. The Kier molecular flexibility index (Phi) is 14.5. The van der Waals surface area contributed by atoms with Crippen LogP contribution in [-0.4, -0.2) is 84.4 Å². The second-order valence-corrected chi connectivity index (χ2v) is 16.8. The molecular weight excluding hydrogens is 761 g/mol. The van der Waals surface area contributed by atoms with E-state index in [2.05, 4.69) is 30.9 Å². The van der Waals surface area contributed by atoms with Crippen LogP contribution in [0.5, 0.6) is 11.5 Å². The minimum atomic E-state index is -1.32. The zero-order valence-corrected chi connectivity index (χ0v) is 35.2. The minimum absolute atomic E-state index is 0.122. The molecule has 0 unspecified atom stereocenters. The quantitative estimate of drug-likeness (QED) is 0.0393. The van der Waals surface area contributed by atoms with E-state index in [9.17, 15) is 15.0 Å². The van der Waals surface area contributed by atoms with Crippen LogP contribution in [-0.2, 0) is 9.57 Å². The van der Waals surface area contributed by atoms with Crippen molar-refractivity contribution in [2.75, 3.05) is 45.8 Å². The van der Waals surface area contributed by atoms with Gasteiger partial charge in [0.1, 0.15) is 24.1 Å². The van der Waals surface area contributed by atoms with Crippen LogP contribution in [0.1, 0.15) is 73.7 Å². The number of rotatable bonds is 20. The fourth-order valence-electron chi connectivity index (χ4n) is 9.46. The van der Waals surface area contributed by atoms with Crippen molar-refractivity contribution in [3.8, 4) is 11.5 Å². The van der Waals surface area contributed by atoms with Crippen molar-refractivity contribution >= 4 is 34.2 Å². The summed E-state index contributed by atoms with van der Waals surface area (Å²) in [6.45, 7) is 7.35. The Labute approximate surface area is 353 Å². The average molecular weight is 819 g/mol. The summed E-state index contributed by atoms with van der Waals surface area (Å²) in [6, 6.07) is 29.7. The van der Waals surface area contributed by atoms with Gasteiger partial charge in [-0.3, -0.25) is 4.79 Å². The highest BCUT2D eigenvalue weighted by Gasteiger charge is 2.65. The number of aliphatic hydroxyl groups excluding tert-OH is 2. The third-order valence-electron chi connectivity index (χ3n) is 12.1. The number of amides is 1. The highest BCUT2D eigenvalue weighted by Crippen LogP contribution is 2.62. The van der Waals surface area contributed by atoms with Gasteiger partial charge >= 0.3 is 0 Å². The van der Waals surface area contributed by atoms with E-state index in [-0.39, 0.29) is 49.4 Å². The highest BCUT2D eigenvalue weighted by molar-refractivity contribution is 7.99. The van der Waals surface area contributed by atoms with E-state index in [0.717, 1.165) is 64.8 Å². The second-order valence-electron chi connectivity index (χ2n) is 15.7. The van der Waals surface area contributed by atoms with E-state index in [0.29, 0.717) is 43.8 Å². The first kappa shape index (κ1) is 42.5. The molecule has 6 atom stereocenters. The number of benzene rings is 4. The maximum atomic E-state index is 14.7. The fourth-order valence-corrected chi connectivity index (χ4v) is 10.2. The number of hydrogen-bond donors (Lipinski definition) is 2. The molecule has 2 N–H and O–H groups in total. The highest BCUT2D eigenvalue weighted by atomic mass is 32.2. The number of allylic oxidation sites excluding steroid dienone is 1. The van der Waals surface area contributed by atoms with Gasteiger partial charge in [-0.2, -0.15) is 0 Å². The zero-order chi connectivity index (χ0) is 41.2. The lowest BCUT2D eigenvalue weighted by atomic mass is 9.55. The normalized spacial score (nSPS) is 23.8. The van der Waals surface area contributed by atoms with Crippen molar-refractivity contribution in [3.05, 3.63) is 126 Å². The molecule has 0 spiro atoms. The van der Waals surface area contributed by atoms with Crippen LogP contribution in [0.15, 0.2) is 125 Å². The van der Waals surface area contributed by atoms with Gasteiger partial charge in [-0.1, -0.05) is 78.7 Å². The molecule has 1 heterocycles. The van der Waals surface area contributed by atoms with Gasteiger partial charge in [0, 0.05) is 54.4 Å². The molecule has 0 radical (unpaired) electrons. The number of likely N-dealkylation sites (N-methyl/N-ethyl adjacent to an activating group) is 1. The molecular formula is C49H58N2O7S. The van der Waals surface area contributed by atoms with Crippen molar-refractivity contribution in [1.29, 1.82) is 0 Å². The Morgan fingerprint density at radius 3 is 2.49 bits per heavy atom. The van der Waals surface area contributed by atoms with E-state index in [4.69, 9.17) is 24.2 Å². The molecule has 0 aromatic heterocycles. The molecule has 1 saturated carbocycles. The number of fused-ring (bicyclic) bond motifs is 3. The number of oxime groups is 1. The minimum Gasteiger partial charge on any atom is -0.493 e. The molecule has 4 aromatic carbocycles. The third kappa shape index (κ3) is 9.26. The zero-order valence-electron chi connectivity index (χ0n) is 34.3. The molecule has 2 aliphatic carbocycles. The number of hydrogen-bond acceptors (Lipinski definition) is 9. The van der Waals surface area contributed by atoms with Crippen LogP contribution in [0, 0.1) is 17.8 Å². The van der Waals surface area contributed by atoms with E-state index < -0.39 is 11.8 Å². The van der Waals surface area contributed by atoms with Gasteiger partial charge in [-0.05, 0) is 103 Å². The van der Waals surface area contributed by atoms with Gasteiger partial charge in [0.25, 0.3) is 5.91 Å².